The van der Waals surface area contributed by atoms with E-state index in [1.54, 1.807) is 0 Å². The first kappa shape index (κ1) is 18.3. The summed E-state index contributed by atoms with van der Waals surface area (Å²) in [6, 6.07) is 8.17. The number of nitrogens with one attached hydrogen (secondary N) is 2. The first-order valence-electron chi connectivity index (χ1n) is 9.20. The van der Waals surface area contributed by atoms with Crippen molar-refractivity contribution in [3.8, 4) is 11.4 Å². The molecule has 2 heterocycles. The second-order valence-electron chi connectivity index (χ2n) is 6.88. The van der Waals surface area contributed by atoms with Crippen molar-refractivity contribution < 1.29 is 9.32 Å². The van der Waals surface area contributed by atoms with E-state index in [1.165, 1.54) is 11.1 Å². The van der Waals surface area contributed by atoms with Gasteiger partial charge in [0, 0.05) is 31.5 Å². The van der Waals surface area contributed by atoms with Crippen LogP contribution in [0.25, 0.3) is 11.4 Å². The lowest BCUT2D eigenvalue weighted by molar-refractivity contribution is -0.121. The van der Waals surface area contributed by atoms with Crippen LogP contribution < -0.4 is 10.6 Å². The molecular weight excluding hydrogens is 328 g/mol. The van der Waals surface area contributed by atoms with Crippen molar-refractivity contribution in [2.24, 2.45) is 0 Å². The van der Waals surface area contributed by atoms with Gasteiger partial charge in [-0.1, -0.05) is 54.9 Å². The van der Waals surface area contributed by atoms with Crippen molar-refractivity contribution in [3.63, 3.8) is 0 Å². The van der Waals surface area contributed by atoms with Crippen LogP contribution in [0.1, 0.15) is 44.1 Å². The van der Waals surface area contributed by atoms with Gasteiger partial charge in [-0.05, 0) is 24.4 Å². The number of aryl methyl sites for hydroxylation is 1. The van der Waals surface area contributed by atoms with Crippen LogP contribution in [-0.2, 0) is 11.2 Å². The molecule has 0 aliphatic carbocycles. The number of hydrogen-bond donors (Lipinski definition) is 2. The average Bonchev–Trinajstić information content (AvgIpc) is 3.14. The maximum Gasteiger partial charge on any atom is 0.227 e. The van der Waals surface area contributed by atoms with E-state index in [4.69, 9.17) is 4.52 Å². The van der Waals surface area contributed by atoms with Crippen molar-refractivity contribution in [2.75, 3.05) is 19.6 Å². The lowest BCUT2D eigenvalue weighted by Crippen LogP contribution is -2.29. The Balaban J connectivity index is 1.48. The molecule has 26 heavy (non-hydrogen) atoms. The Labute approximate surface area is 154 Å². The largest absolute Gasteiger partial charge is 0.352 e. The first-order chi connectivity index (χ1) is 12.6. The Morgan fingerprint density at radius 1 is 1.31 bits per heavy atom. The molecule has 2 N–H and O–H groups in total. The molecule has 6 heteroatoms. The average molecular weight is 354 g/mol. The number of carbonyl (C=O) groups is 1. The number of rotatable bonds is 7. The van der Waals surface area contributed by atoms with E-state index in [1.807, 2.05) is 12.1 Å². The number of hydrogen-bond acceptors (Lipinski definition) is 5. The molecule has 138 valence electrons. The maximum absolute atomic E-state index is 12.0. The quantitative estimate of drug-likeness (QED) is 0.748. The molecule has 0 fully saturated rings. The van der Waals surface area contributed by atoms with Crippen molar-refractivity contribution in [1.29, 1.82) is 0 Å². The Hall–Kier alpha value is -2.47. The van der Waals surface area contributed by atoms with Gasteiger partial charge in [0.25, 0.3) is 0 Å². The zero-order valence-electron chi connectivity index (χ0n) is 15.4. The van der Waals surface area contributed by atoms with Crippen molar-refractivity contribution in [1.82, 2.24) is 20.8 Å². The van der Waals surface area contributed by atoms with Gasteiger partial charge in [-0.25, -0.2) is 0 Å². The van der Waals surface area contributed by atoms with Crippen LogP contribution in [-0.4, -0.2) is 35.7 Å². The molecule has 1 aliphatic heterocycles. The monoisotopic (exact) mass is 354 g/mol. The van der Waals surface area contributed by atoms with E-state index in [0.29, 0.717) is 37.0 Å². The summed E-state index contributed by atoms with van der Waals surface area (Å²) >= 11 is 0. The summed E-state index contributed by atoms with van der Waals surface area (Å²) < 4.78 is 5.28. The minimum absolute atomic E-state index is 0.00506. The lowest BCUT2D eigenvalue weighted by atomic mass is 10.0. The van der Waals surface area contributed by atoms with Gasteiger partial charge in [-0.15, -0.1) is 0 Å². The van der Waals surface area contributed by atoms with E-state index >= 15 is 0 Å². The fraction of sp³-hybridized carbons (Fsp3) is 0.450. The molecule has 6 nitrogen and oxygen atoms in total. The van der Waals surface area contributed by atoms with Gasteiger partial charge in [-0.3, -0.25) is 4.79 Å². The molecule has 0 saturated heterocycles. The standard InChI is InChI=1S/C20H26N4O2/c1-14(2)16-3-5-17(6-4-16)20-23-19(26-24-20)8-7-18(25)22-13-15-9-11-21-12-10-15/h3-6,9,14,21H,7-8,10-13H2,1-2H3,(H,22,25). The molecule has 0 radical (unpaired) electrons. The van der Waals surface area contributed by atoms with E-state index in [-0.39, 0.29) is 5.91 Å². The number of nitrogens with zero attached hydrogens (tertiary/aromatic N) is 2. The van der Waals surface area contributed by atoms with Gasteiger partial charge < -0.3 is 15.2 Å². The Morgan fingerprint density at radius 3 is 2.81 bits per heavy atom. The minimum Gasteiger partial charge on any atom is -0.352 e. The fourth-order valence-electron chi connectivity index (χ4n) is 2.84. The summed E-state index contributed by atoms with van der Waals surface area (Å²) in [6.45, 7) is 6.80. The van der Waals surface area contributed by atoms with Gasteiger partial charge in [-0.2, -0.15) is 4.98 Å². The predicted molar refractivity (Wildman–Crippen MR) is 101 cm³/mol. The third-order valence-electron chi connectivity index (χ3n) is 4.54. The molecular formula is C20H26N4O2. The summed E-state index contributed by atoms with van der Waals surface area (Å²) in [5.41, 5.74) is 3.48. The molecule has 0 bridgehead atoms. The van der Waals surface area contributed by atoms with Gasteiger partial charge in [0.1, 0.15) is 0 Å². The molecule has 0 saturated carbocycles. The zero-order valence-corrected chi connectivity index (χ0v) is 15.4. The van der Waals surface area contributed by atoms with Crippen LogP contribution >= 0.6 is 0 Å². The second kappa shape index (κ2) is 8.76. The highest BCUT2D eigenvalue weighted by atomic mass is 16.5. The Kier molecular flexibility index (Phi) is 6.17. The molecule has 0 unspecified atom stereocenters. The first-order valence-corrected chi connectivity index (χ1v) is 9.20. The van der Waals surface area contributed by atoms with Crippen molar-refractivity contribution in [2.45, 2.75) is 39.0 Å². The summed E-state index contributed by atoms with van der Waals surface area (Å²) in [6.07, 6.45) is 3.92. The molecule has 0 spiro atoms. The second-order valence-corrected chi connectivity index (χ2v) is 6.88. The summed E-state index contributed by atoms with van der Waals surface area (Å²) in [5.74, 6) is 1.55. The number of carbonyl (C=O) groups excluding carboxylic acids is 1. The minimum atomic E-state index is 0.00506. The highest BCUT2D eigenvalue weighted by Gasteiger charge is 2.12. The molecule has 2 aromatic rings. The fourth-order valence-corrected chi connectivity index (χ4v) is 2.84. The number of aromatic nitrogens is 2. The number of benzene rings is 1. The normalized spacial score (nSPS) is 14.3. The third-order valence-corrected chi connectivity index (χ3v) is 4.54. The van der Waals surface area contributed by atoms with E-state index in [0.717, 1.165) is 25.1 Å². The highest BCUT2D eigenvalue weighted by molar-refractivity contribution is 5.76. The molecule has 1 aliphatic rings. The molecule has 0 atom stereocenters. The van der Waals surface area contributed by atoms with Crippen LogP contribution in [0.2, 0.25) is 0 Å². The van der Waals surface area contributed by atoms with Gasteiger partial charge >= 0.3 is 0 Å². The highest BCUT2D eigenvalue weighted by Crippen LogP contribution is 2.20. The maximum atomic E-state index is 12.0. The Bertz CT molecular complexity index is 762. The topological polar surface area (TPSA) is 80.0 Å². The molecule has 1 amide bonds. The van der Waals surface area contributed by atoms with Crippen LogP contribution in [0, 0.1) is 0 Å². The Morgan fingerprint density at radius 2 is 2.12 bits per heavy atom. The van der Waals surface area contributed by atoms with E-state index in [9.17, 15) is 4.79 Å². The smallest absolute Gasteiger partial charge is 0.227 e. The van der Waals surface area contributed by atoms with Crippen molar-refractivity contribution >= 4 is 5.91 Å². The molecule has 1 aromatic carbocycles. The van der Waals surface area contributed by atoms with Gasteiger partial charge in [0.15, 0.2) is 0 Å². The van der Waals surface area contributed by atoms with Crippen LogP contribution in [0.4, 0.5) is 0 Å². The van der Waals surface area contributed by atoms with Gasteiger partial charge in [0.05, 0.1) is 0 Å². The van der Waals surface area contributed by atoms with Gasteiger partial charge in [0.2, 0.25) is 17.6 Å². The summed E-state index contributed by atoms with van der Waals surface area (Å²) in [5, 5.41) is 10.2. The summed E-state index contributed by atoms with van der Waals surface area (Å²) in [7, 11) is 0. The van der Waals surface area contributed by atoms with Crippen LogP contribution in [0.5, 0.6) is 0 Å². The third kappa shape index (κ3) is 5.02. The van der Waals surface area contributed by atoms with Crippen molar-refractivity contribution in [3.05, 3.63) is 47.4 Å². The summed E-state index contributed by atoms with van der Waals surface area (Å²) in [4.78, 5) is 16.4. The lowest BCUT2D eigenvalue weighted by Gasteiger charge is -2.14. The SMILES string of the molecule is CC(C)c1ccc(-c2noc(CCC(=O)NCC3=CCNCC3)n2)cc1. The zero-order chi connectivity index (χ0) is 18.4. The number of amides is 1. The van der Waals surface area contributed by atoms with Crippen LogP contribution in [0.3, 0.4) is 0 Å². The molecule has 3 rings (SSSR count). The van der Waals surface area contributed by atoms with E-state index < -0.39 is 0 Å². The van der Waals surface area contributed by atoms with E-state index in [2.05, 4.69) is 52.8 Å². The van der Waals surface area contributed by atoms with Crippen LogP contribution in [0.15, 0.2) is 40.4 Å². The predicted octanol–water partition coefficient (Wildman–Crippen LogP) is 2.83. The molecule has 1 aromatic heterocycles.